The van der Waals surface area contributed by atoms with Crippen LogP contribution in [0.25, 0.3) is 0 Å². The number of hydrogen-bond donors (Lipinski definition) is 3. The second-order valence-corrected chi connectivity index (χ2v) is 7.63. The van der Waals surface area contributed by atoms with Crippen LogP contribution in [0.2, 0.25) is 0 Å². The number of benzene rings is 1. The van der Waals surface area contributed by atoms with E-state index in [1.165, 1.54) is 0 Å². The van der Waals surface area contributed by atoms with Crippen molar-refractivity contribution in [3.63, 3.8) is 0 Å². The van der Waals surface area contributed by atoms with Crippen LogP contribution in [0.5, 0.6) is 0 Å². The standard InChI is InChI=1S/C20H28N4O4/c1-14(2)9-10-16(25)21-13-17(26)23-24-18(27)20(3,22-19(24)28)12-11-15-7-5-4-6-8-15/h4-8,14H,9-13H2,1-3H3,(H,21,25)(H,22,28)(H,23,26). The lowest BCUT2D eigenvalue weighted by Gasteiger charge is -2.21. The molecule has 1 unspecified atom stereocenters. The fourth-order valence-corrected chi connectivity index (χ4v) is 2.85. The number of hydrazine groups is 1. The lowest BCUT2D eigenvalue weighted by Crippen LogP contribution is -2.51. The molecule has 152 valence electrons. The Balaban J connectivity index is 1.85. The number of aryl methyl sites for hydroxylation is 1. The molecule has 0 saturated carbocycles. The predicted octanol–water partition coefficient (Wildman–Crippen LogP) is 1.51. The number of rotatable bonds is 9. The fraction of sp³-hybridized carbons (Fsp3) is 0.500. The van der Waals surface area contributed by atoms with Gasteiger partial charge < -0.3 is 10.6 Å². The van der Waals surface area contributed by atoms with Crippen molar-refractivity contribution in [3.8, 4) is 0 Å². The topological polar surface area (TPSA) is 108 Å². The van der Waals surface area contributed by atoms with Crippen molar-refractivity contribution >= 4 is 23.8 Å². The molecule has 0 aliphatic carbocycles. The van der Waals surface area contributed by atoms with Crippen molar-refractivity contribution in [2.75, 3.05) is 6.54 Å². The molecule has 0 spiro atoms. The predicted molar refractivity (Wildman–Crippen MR) is 104 cm³/mol. The number of nitrogens with one attached hydrogen (secondary N) is 3. The summed E-state index contributed by atoms with van der Waals surface area (Å²) in [5, 5.41) is 5.81. The van der Waals surface area contributed by atoms with Crippen LogP contribution >= 0.6 is 0 Å². The first-order valence-corrected chi connectivity index (χ1v) is 9.48. The Labute approximate surface area is 165 Å². The van der Waals surface area contributed by atoms with Gasteiger partial charge in [-0.25, -0.2) is 4.79 Å². The van der Waals surface area contributed by atoms with Crippen molar-refractivity contribution in [2.24, 2.45) is 5.92 Å². The molecule has 0 radical (unpaired) electrons. The van der Waals surface area contributed by atoms with Gasteiger partial charge in [-0.1, -0.05) is 44.2 Å². The second kappa shape index (κ2) is 9.34. The van der Waals surface area contributed by atoms with Gasteiger partial charge in [0.1, 0.15) is 5.54 Å². The molecule has 8 heteroatoms. The Morgan fingerprint density at radius 2 is 1.82 bits per heavy atom. The van der Waals surface area contributed by atoms with Gasteiger partial charge in [-0.15, -0.1) is 0 Å². The third kappa shape index (κ3) is 5.80. The van der Waals surface area contributed by atoms with Crippen molar-refractivity contribution < 1.29 is 19.2 Å². The number of carbonyl (C=O) groups excluding carboxylic acids is 4. The van der Waals surface area contributed by atoms with E-state index in [4.69, 9.17) is 0 Å². The minimum Gasteiger partial charge on any atom is -0.347 e. The Bertz CT molecular complexity index is 735. The van der Waals surface area contributed by atoms with Gasteiger partial charge in [0, 0.05) is 6.42 Å². The molecular formula is C20H28N4O4. The highest BCUT2D eigenvalue weighted by atomic mass is 16.2. The zero-order chi connectivity index (χ0) is 20.7. The van der Waals surface area contributed by atoms with Gasteiger partial charge in [-0.05, 0) is 37.7 Å². The summed E-state index contributed by atoms with van der Waals surface area (Å²) in [4.78, 5) is 48.5. The number of nitrogens with zero attached hydrogens (tertiary/aromatic N) is 1. The summed E-state index contributed by atoms with van der Waals surface area (Å²) in [5.41, 5.74) is 2.23. The van der Waals surface area contributed by atoms with Crippen LogP contribution in [0.4, 0.5) is 4.79 Å². The van der Waals surface area contributed by atoms with E-state index in [-0.39, 0.29) is 12.5 Å². The minimum absolute atomic E-state index is 0.242. The van der Waals surface area contributed by atoms with Gasteiger partial charge in [-0.2, -0.15) is 5.01 Å². The second-order valence-electron chi connectivity index (χ2n) is 7.63. The van der Waals surface area contributed by atoms with Crippen molar-refractivity contribution in [1.82, 2.24) is 21.1 Å². The van der Waals surface area contributed by atoms with Gasteiger partial charge in [0.15, 0.2) is 0 Å². The molecule has 1 aromatic carbocycles. The van der Waals surface area contributed by atoms with E-state index < -0.39 is 23.4 Å². The third-order valence-corrected chi connectivity index (χ3v) is 4.65. The summed E-state index contributed by atoms with van der Waals surface area (Å²) < 4.78 is 0. The summed E-state index contributed by atoms with van der Waals surface area (Å²) in [5.74, 6) is -1.01. The zero-order valence-corrected chi connectivity index (χ0v) is 16.6. The minimum atomic E-state index is -1.10. The molecule has 1 aliphatic rings. The van der Waals surface area contributed by atoms with Gasteiger partial charge in [0.2, 0.25) is 5.91 Å². The van der Waals surface area contributed by atoms with E-state index in [2.05, 4.69) is 16.1 Å². The van der Waals surface area contributed by atoms with Crippen LogP contribution in [0.15, 0.2) is 30.3 Å². The van der Waals surface area contributed by atoms with Crippen LogP contribution in [0.1, 0.15) is 45.6 Å². The Hall–Kier alpha value is -2.90. The Morgan fingerprint density at radius 3 is 2.46 bits per heavy atom. The normalized spacial score (nSPS) is 18.9. The highest BCUT2D eigenvalue weighted by Gasteiger charge is 2.48. The maximum atomic E-state index is 12.7. The van der Waals surface area contributed by atoms with E-state index in [1.54, 1.807) is 6.92 Å². The zero-order valence-electron chi connectivity index (χ0n) is 16.6. The first-order chi connectivity index (χ1) is 13.2. The van der Waals surface area contributed by atoms with Crippen LogP contribution in [-0.4, -0.2) is 40.8 Å². The molecule has 8 nitrogen and oxygen atoms in total. The molecule has 0 aromatic heterocycles. The van der Waals surface area contributed by atoms with Gasteiger partial charge in [0.05, 0.1) is 6.54 Å². The molecule has 1 heterocycles. The van der Waals surface area contributed by atoms with Gasteiger partial charge in [-0.3, -0.25) is 19.8 Å². The number of urea groups is 1. The van der Waals surface area contributed by atoms with E-state index in [1.807, 2.05) is 44.2 Å². The van der Waals surface area contributed by atoms with E-state index in [9.17, 15) is 19.2 Å². The molecule has 1 atom stereocenters. The molecule has 3 N–H and O–H groups in total. The Kier molecular flexibility index (Phi) is 7.14. The molecule has 28 heavy (non-hydrogen) atoms. The molecule has 5 amide bonds. The monoisotopic (exact) mass is 388 g/mol. The molecule has 1 aliphatic heterocycles. The van der Waals surface area contributed by atoms with E-state index >= 15 is 0 Å². The number of imide groups is 1. The fourth-order valence-electron chi connectivity index (χ4n) is 2.85. The number of hydrogen-bond acceptors (Lipinski definition) is 4. The third-order valence-electron chi connectivity index (χ3n) is 4.65. The summed E-state index contributed by atoms with van der Waals surface area (Å²) in [7, 11) is 0. The van der Waals surface area contributed by atoms with Crippen molar-refractivity contribution in [2.45, 2.75) is 52.0 Å². The lowest BCUT2D eigenvalue weighted by molar-refractivity contribution is -0.138. The van der Waals surface area contributed by atoms with Crippen LogP contribution in [-0.2, 0) is 20.8 Å². The molecule has 1 saturated heterocycles. The smallest absolute Gasteiger partial charge is 0.344 e. The summed E-state index contributed by atoms with van der Waals surface area (Å²) in [6.07, 6.45) is 2.06. The van der Waals surface area contributed by atoms with Crippen LogP contribution in [0.3, 0.4) is 0 Å². The summed E-state index contributed by atoms with van der Waals surface area (Å²) in [6.45, 7) is 5.35. The lowest BCUT2D eigenvalue weighted by atomic mass is 9.93. The van der Waals surface area contributed by atoms with Crippen LogP contribution < -0.4 is 16.1 Å². The van der Waals surface area contributed by atoms with E-state index in [0.717, 1.165) is 12.0 Å². The molecule has 1 aromatic rings. The number of carbonyl (C=O) groups is 4. The average molecular weight is 388 g/mol. The summed E-state index contributed by atoms with van der Waals surface area (Å²) >= 11 is 0. The van der Waals surface area contributed by atoms with Crippen molar-refractivity contribution in [3.05, 3.63) is 35.9 Å². The maximum Gasteiger partial charge on any atom is 0.344 e. The molecular weight excluding hydrogens is 360 g/mol. The Morgan fingerprint density at radius 1 is 1.14 bits per heavy atom. The number of amides is 5. The van der Waals surface area contributed by atoms with Crippen molar-refractivity contribution in [1.29, 1.82) is 0 Å². The SMILES string of the molecule is CC(C)CCC(=O)NCC(=O)NN1C(=O)NC(C)(CCc2ccccc2)C1=O. The molecule has 2 rings (SSSR count). The van der Waals surface area contributed by atoms with E-state index in [0.29, 0.717) is 30.2 Å². The molecule has 0 bridgehead atoms. The highest BCUT2D eigenvalue weighted by Crippen LogP contribution is 2.22. The average Bonchev–Trinajstić information content (AvgIpc) is 2.87. The quantitative estimate of drug-likeness (QED) is 0.557. The first kappa shape index (κ1) is 21.4. The highest BCUT2D eigenvalue weighted by molar-refractivity contribution is 6.07. The first-order valence-electron chi connectivity index (χ1n) is 9.48. The van der Waals surface area contributed by atoms with Crippen LogP contribution in [0, 0.1) is 5.92 Å². The van der Waals surface area contributed by atoms with Gasteiger partial charge in [0.25, 0.3) is 11.8 Å². The largest absolute Gasteiger partial charge is 0.347 e. The molecule has 1 fully saturated rings. The van der Waals surface area contributed by atoms with Gasteiger partial charge >= 0.3 is 6.03 Å². The summed E-state index contributed by atoms with van der Waals surface area (Å²) in [6, 6.07) is 8.95. The maximum absolute atomic E-state index is 12.7.